The Balaban J connectivity index is 1.59. The van der Waals surface area contributed by atoms with Gasteiger partial charge in [0.2, 0.25) is 0 Å². The first-order valence-corrected chi connectivity index (χ1v) is 7.86. The van der Waals surface area contributed by atoms with E-state index in [1.54, 1.807) is 22.1 Å². The molecule has 0 radical (unpaired) electrons. The second-order valence-electron chi connectivity index (χ2n) is 5.61. The molecule has 1 aliphatic rings. The lowest BCUT2D eigenvalue weighted by Crippen LogP contribution is -2.50. The number of amides is 2. The molecule has 6 heteroatoms. The summed E-state index contributed by atoms with van der Waals surface area (Å²) >= 11 is 0. The lowest BCUT2D eigenvalue weighted by atomic mass is 10.1. The number of benzene rings is 1. The van der Waals surface area contributed by atoms with Crippen LogP contribution in [0.15, 0.2) is 36.5 Å². The van der Waals surface area contributed by atoms with Gasteiger partial charge >= 0.3 is 0 Å². The Morgan fingerprint density at radius 1 is 1.00 bits per heavy atom. The zero-order chi connectivity index (χ0) is 16.2. The molecule has 23 heavy (non-hydrogen) atoms. The van der Waals surface area contributed by atoms with Gasteiger partial charge in [-0.05, 0) is 30.2 Å². The second-order valence-corrected chi connectivity index (χ2v) is 5.61. The van der Waals surface area contributed by atoms with Crippen molar-refractivity contribution in [3.8, 4) is 0 Å². The van der Waals surface area contributed by atoms with Gasteiger partial charge in [0.05, 0.1) is 0 Å². The number of carbonyl (C=O) groups excluding carboxylic acids is 2. The van der Waals surface area contributed by atoms with Gasteiger partial charge in [0.25, 0.3) is 11.8 Å². The number of nitrogens with zero attached hydrogens (tertiary/aromatic N) is 3. The number of aromatic nitrogens is 2. The lowest BCUT2D eigenvalue weighted by Gasteiger charge is -2.34. The van der Waals surface area contributed by atoms with Gasteiger partial charge in [-0.2, -0.15) is 5.10 Å². The molecule has 1 fully saturated rings. The van der Waals surface area contributed by atoms with Crippen molar-refractivity contribution in [2.45, 2.75) is 13.3 Å². The van der Waals surface area contributed by atoms with Crippen LogP contribution in [0, 0.1) is 0 Å². The minimum Gasteiger partial charge on any atom is -0.335 e. The Labute approximate surface area is 135 Å². The summed E-state index contributed by atoms with van der Waals surface area (Å²) in [4.78, 5) is 28.3. The highest BCUT2D eigenvalue weighted by Gasteiger charge is 2.25. The minimum atomic E-state index is -0.0677. The van der Waals surface area contributed by atoms with E-state index < -0.39 is 0 Å². The smallest absolute Gasteiger partial charge is 0.271 e. The Morgan fingerprint density at radius 3 is 2.13 bits per heavy atom. The van der Waals surface area contributed by atoms with Gasteiger partial charge in [-0.15, -0.1) is 0 Å². The van der Waals surface area contributed by atoms with Crippen molar-refractivity contribution >= 4 is 11.8 Å². The molecule has 0 unspecified atom stereocenters. The van der Waals surface area contributed by atoms with Crippen LogP contribution in [0.4, 0.5) is 0 Å². The molecule has 0 atom stereocenters. The number of nitrogens with one attached hydrogen (secondary N) is 1. The van der Waals surface area contributed by atoms with E-state index in [1.165, 1.54) is 5.56 Å². The van der Waals surface area contributed by atoms with E-state index in [9.17, 15) is 9.59 Å². The highest BCUT2D eigenvalue weighted by molar-refractivity contribution is 5.95. The van der Waals surface area contributed by atoms with Gasteiger partial charge in [0, 0.05) is 37.9 Å². The third-order valence-corrected chi connectivity index (χ3v) is 4.19. The summed E-state index contributed by atoms with van der Waals surface area (Å²) in [5.41, 5.74) is 2.41. The van der Waals surface area contributed by atoms with E-state index in [2.05, 4.69) is 17.1 Å². The molecule has 1 saturated heterocycles. The van der Waals surface area contributed by atoms with E-state index >= 15 is 0 Å². The van der Waals surface area contributed by atoms with Gasteiger partial charge in [-0.1, -0.05) is 19.1 Å². The second kappa shape index (κ2) is 6.64. The van der Waals surface area contributed by atoms with E-state index in [0.29, 0.717) is 37.4 Å². The van der Waals surface area contributed by atoms with Crippen LogP contribution in [0.1, 0.15) is 33.3 Å². The number of aromatic amines is 1. The number of carbonyl (C=O) groups is 2. The molecule has 120 valence electrons. The monoisotopic (exact) mass is 312 g/mol. The first kappa shape index (κ1) is 15.3. The van der Waals surface area contributed by atoms with Crippen LogP contribution < -0.4 is 0 Å². The van der Waals surface area contributed by atoms with Crippen LogP contribution in [-0.2, 0) is 6.42 Å². The fourth-order valence-electron chi connectivity index (χ4n) is 2.72. The third kappa shape index (κ3) is 3.26. The van der Waals surface area contributed by atoms with E-state index in [0.717, 1.165) is 6.42 Å². The standard InChI is InChI=1S/C17H20N4O2/c1-2-13-3-5-14(6-4-13)16(22)20-9-11-21(12-10-20)17(23)15-7-8-18-19-15/h3-8H,2,9-12H2,1H3,(H,18,19). The molecule has 1 N–H and O–H groups in total. The van der Waals surface area contributed by atoms with Crippen molar-refractivity contribution in [1.29, 1.82) is 0 Å². The number of piperazine rings is 1. The van der Waals surface area contributed by atoms with Gasteiger partial charge in [0.1, 0.15) is 5.69 Å². The van der Waals surface area contributed by atoms with Crippen LogP contribution in [0.3, 0.4) is 0 Å². The highest BCUT2D eigenvalue weighted by Crippen LogP contribution is 2.12. The quantitative estimate of drug-likeness (QED) is 0.935. The Kier molecular flexibility index (Phi) is 4.41. The fourth-order valence-corrected chi connectivity index (χ4v) is 2.72. The average molecular weight is 312 g/mol. The molecule has 2 amide bonds. The van der Waals surface area contributed by atoms with Crippen LogP contribution >= 0.6 is 0 Å². The Morgan fingerprint density at radius 2 is 1.61 bits per heavy atom. The Hall–Kier alpha value is -2.63. The maximum Gasteiger partial charge on any atom is 0.271 e. The molecule has 0 spiro atoms. The molecule has 1 aliphatic heterocycles. The zero-order valence-electron chi connectivity index (χ0n) is 13.2. The predicted molar refractivity (Wildman–Crippen MR) is 86.2 cm³/mol. The maximum absolute atomic E-state index is 12.5. The molecule has 1 aromatic carbocycles. The van der Waals surface area contributed by atoms with Crippen molar-refractivity contribution < 1.29 is 9.59 Å². The zero-order valence-corrected chi connectivity index (χ0v) is 13.2. The summed E-state index contributed by atoms with van der Waals surface area (Å²) in [7, 11) is 0. The minimum absolute atomic E-state index is 0.0290. The third-order valence-electron chi connectivity index (χ3n) is 4.19. The molecular formula is C17H20N4O2. The molecule has 3 rings (SSSR count). The molecule has 2 aromatic rings. The summed E-state index contributed by atoms with van der Waals surface area (Å²) in [5, 5.41) is 6.48. The van der Waals surface area contributed by atoms with Crippen molar-refractivity contribution in [2.75, 3.05) is 26.2 Å². The number of hydrogen-bond acceptors (Lipinski definition) is 3. The van der Waals surface area contributed by atoms with Crippen molar-refractivity contribution in [1.82, 2.24) is 20.0 Å². The molecule has 0 saturated carbocycles. The van der Waals surface area contributed by atoms with Crippen molar-refractivity contribution in [3.63, 3.8) is 0 Å². The van der Waals surface area contributed by atoms with Gasteiger partial charge < -0.3 is 9.80 Å². The number of aryl methyl sites for hydroxylation is 1. The summed E-state index contributed by atoms with van der Waals surface area (Å²) in [6.45, 7) is 4.27. The average Bonchev–Trinajstić information content (AvgIpc) is 3.15. The van der Waals surface area contributed by atoms with Crippen LogP contribution in [0.2, 0.25) is 0 Å². The maximum atomic E-state index is 12.5. The Bertz CT molecular complexity index is 671. The van der Waals surface area contributed by atoms with Crippen LogP contribution in [0.25, 0.3) is 0 Å². The van der Waals surface area contributed by atoms with Gasteiger partial charge in [-0.25, -0.2) is 0 Å². The molecule has 1 aromatic heterocycles. The fraction of sp³-hybridized carbons (Fsp3) is 0.353. The van der Waals surface area contributed by atoms with Gasteiger partial charge in [-0.3, -0.25) is 14.7 Å². The lowest BCUT2D eigenvalue weighted by molar-refractivity contribution is 0.0532. The van der Waals surface area contributed by atoms with Crippen molar-refractivity contribution in [3.05, 3.63) is 53.3 Å². The number of H-pyrrole nitrogens is 1. The first-order chi connectivity index (χ1) is 11.2. The van der Waals surface area contributed by atoms with Crippen molar-refractivity contribution in [2.24, 2.45) is 0 Å². The van der Waals surface area contributed by atoms with Gasteiger partial charge in [0.15, 0.2) is 0 Å². The summed E-state index contributed by atoms with van der Waals surface area (Å²) in [6, 6.07) is 9.40. The summed E-state index contributed by atoms with van der Waals surface area (Å²) in [5.74, 6) is -0.0387. The first-order valence-electron chi connectivity index (χ1n) is 7.86. The van der Waals surface area contributed by atoms with E-state index in [1.807, 2.05) is 24.3 Å². The molecule has 0 aliphatic carbocycles. The highest BCUT2D eigenvalue weighted by atomic mass is 16.2. The van der Waals surface area contributed by atoms with Crippen LogP contribution in [0.5, 0.6) is 0 Å². The molecule has 2 heterocycles. The number of rotatable bonds is 3. The SMILES string of the molecule is CCc1ccc(C(=O)N2CCN(C(=O)c3ccn[nH]3)CC2)cc1. The van der Waals surface area contributed by atoms with E-state index in [-0.39, 0.29) is 11.8 Å². The molecule has 6 nitrogen and oxygen atoms in total. The summed E-state index contributed by atoms with van der Waals surface area (Å²) < 4.78 is 0. The summed E-state index contributed by atoms with van der Waals surface area (Å²) in [6.07, 6.45) is 2.52. The normalized spacial score (nSPS) is 14.8. The molecular weight excluding hydrogens is 292 g/mol. The van der Waals surface area contributed by atoms with Crippen LogP contribution in [-0.4, -0.2) is 58.0 Å². The molecule has 0 bridgehead atoms. The van der Waals surface area contributed by atoms with E-state index in [4.69, 9.17) is 0 Å². The topological polar surface area (TPSA) is 69.3 Å². The largest absolute Gasteiger partial charge is 0.335 e. The number of hydrogen-bond donors (Lipinski definition) is 1. The predicted octanol–water partition coefficient (Wildman–Crippen LogP) is 1.57.